The van der Waals surface area contributed by atoms with E-state index in [1.165, 1.54) is 18.7 Å². The Bertz CT molecular complexity index is 642. The monoisotopic (exact) mass is 292 g/mol. The van der Waals surface area contributed by atoms with Crippen LogP contribution in [0.4, 0.5) is 5.69 Å². The van der Waals surface area contributed by atoms with E-state index in [4.69, 9.17) is 0 Å². The molecule has 20 heavy (non-hydrogen) atoms. The van der Waals surface area contributed by atoms with Gasteiger partial charge in [-0.25, -0.2) is 18.4 Å². The van der Waals surface area contributed by atoms with Gasteiger partial charge >= 0.3 is 0 Å². The van der Waals surface area contributed by atoms with Gasteiger partial charge in [0.1, 0.15) is 6.33 Å². The topological polar surface area (TPSA) is 84.0 Å². The first-order chi connectivity index (χ1) is 9.62. The third-order valence-corrected chi connectivity index (χ3v) is 4.02. The largest absolute Gasteiger partial charge is 0.313 e. The van der Waals surface area contributed by atoms with Gasteiger partial charge in [-0.3, -0.25) is 4.72 Å². The second kappa shape index (κ2) is 6.44. The highest BCUT2D eigenvalue weighted by atomic mass is 32.2. The summed E-state index contributed by atoms with van der Waals surface area (Å²) in [6.07, 6.45) is 4.15. The van der Waals surface area contributed by atoms with Crippen LogP contribution >= 0.6 is 0 Å². The molecule has 2 N–H and O–H groups in total. The summed E-state index contributed by atoms with van der Waals surface area (Å²) < 4.78 is 26.7. The molecule has 106 valence electrons. The van der Waals surface area contributed by atoms with E-state index in [9.17, 15) is 8.42 Å². The average Bonchev–Trinajstić information content (AvgIpc) is 2.46. The number of aromatic nitrogens is 2. The van der Waals surface area contributed by atoms with Crippen LogP contribution in [0.25, 0.3) is 0 Å². The van der Waals surface area contributed by atoms with Crippen molar-refractivity contribution in [2.75, 3.05) is 11.3 Å². The normalized spacial score (nSPS) is 11.2. The highest BCUT2D eigenvalue weighted by molar-refractivity contribution is 7.92. The van der Waals surface area contributed by atoms with Crippen molar-refractivity contribution in [3.63, 3.8) is 0 Å². The number of anilines is 1. The second-order valence-electron chi connectivity index (χ2n) is 4.16. The lowest BCUT2D eigenvalue weighted by Crippen LogP contribution is -2.14. The zero-order valence-corrected chi connectivity index (χ0v) is 11.9. The molecular weight excluding hydrogens is 276 g/mol. The lowest BCUT2D eigenvalue weighted by Gasteiger charge is -2.08. The fourth-order valence-electron chi connectivity index (χ4n) is 1.62. The molecule has 0 atom stereocenters. The Morgan fingerprint density at radius 1 is 1.10 bits per heavy atom. The van der Waals surface area contributed by atoms with E-state index in [0.717, 1.165) is 18.7 Å². The summed E-state index contributed by atoms with van der Waals surface area (Å²) >= 11 is 0. The van der Waals surface area contributed by atoms with Crippen LogP contribution < -0.4 is 10.0 Å². The van der Waals surface area contributed by atoms with Gasteiger partial charge in [0.05, 0.1) is 23.0 Å². The van der Waals surface area contributed by atoms with Gasteiger partial charge in [0.15, 0.2) is 0 Å². The van der Waals surface area contributed by atoms with Crippen molar-refractivity contribution in [1.82, 2.24) is 15.3 Å². The number of hydrogen-bond acceptors (Lipinski definition) is 5. The van der Waals surface area contributed by atoms with Gasteiger partial charge in [-0.1, -0.05) is 19.1 Å². The SMILES string of the molecule is CCNCc1ccc(S(=O)(=O)Nc2cncnc2)cc1. The molecule has 0 saturated carbocycles. The van der Waals surface area contributed by atoms with Gasteiger partial charge in [0, 0.05) is 6.54 Å². The lowest BCUT2D eigenvalue weighted by atomic mass is 10.2. The van der Waals surface area contributed by atoms with Crippen LogP contribution in [0.1, 0.15) is 12.5 Å². The highest BCUT2D eigenvalue weighted by Gasteiger charge is 2.14. The molecule has 0 spiro atoms. The molecule has 7 heteroatoms. The molecular formula is C13H16N4O2S. The molecule has 0 aliphatic carbocycles. The zero-order chi connectivity index (χ0) is 14.4. The Hall–Kier alpha value is -1.99. The maximum absolute atomic E-state index is 12.1. The van der Waals surface area contributed by atoms with Crippen molar-refractivity contribution >= 4 is 15.7 Å². The summed E-state index contributed by atoms with van der Waals surface area (Å²) in [4.78, 5) is 7.74. The molecule has 6 nitrogen and oxygen atoms in total. The molecule has 1 aromatic carbocycles. The van der Waals surface area contributed by atoms with Crippen molar-refractivity contribution in [2.45, 2.75) is 18.4 Å². The number of sulfonamides is 1. The van der Waals surface area contributed by atoms with Crippen LogP contribution in [0, 0.1) is 0 Å². The van der Waals surface area contributed by atoms with Crippen LogP contribution in [0.2, 0.25) is 0 Å². The van der Waals surface area contributed by atoms with E-state index < -0.39 is 10.0 Å². The Morgan fingerprint density at radius 3 is 2.35 bits per heavy atom. The van der Waals surface area contributed by atoms with Gasteiger partial charge in [0.2, 0.25) is 0 Å². The van der Waals surface area contributed by atoms with E-state index in [1.54, 1.807) is 24.3 Å². The van der Waals surface area contributed by atoms with Gasteiger partial charge in [-0.05, 0) is 24.2 Å². The van der Waals surface area contributed by atoms with E-state index in [1.807, 2.05) is 6.92 Å². The van der Waals surface area contributed by atoms with Gasteiger partial charge in [-0.2, -0.15) is 0 Å². The molecule has 1 aromatic heterocycles. The molecule has 0 amide bonds. The van der Waals surface area contributed by atoms with Crippen molar-refractivity contribution in [3.05, 3.63) is 48.5 Å². The quantitative estimate of drug-likeness (QED) is 0.840. The minimum Gasteiger partial charge on any atom is -0.313 e. The van der Waals surface area contributed by atoms with E-state index >= 15 is 0 Å². The average molecular weight is 292 g/mol. The predicted octanol–water partition coefficient (Wildman–Crippen LogP) is 1.39. The van der Waals surface area contributed by atoms with Crippen LogP contribution in [-0.2, 0) is 16.6 Å². The fraction of sp³-hybridized carbons (Fsp3) is 0.231. The van der Waals surface area contributed by atoms with Crippen molar-refractivity contribution < 1.29 is 8.42 Å². The number of nitrogens with zero attached hydrogens (tertiary/aromatic N) is 2. The maximum atomic E-state index is 12.1. The Labute approximate surface area is 118 Å². The van der Waals surface area contributed by atoms with Crippen LogP contribution in [0.5, 0.6) is 0 Å². The maximum Gasteiger partial charge on any atom is 0.261 e. The number of hydrogen-bond donors (Lipinski definition) is 2. The second-order valence-corrected chi connectivity index (χ2v) is 5.84. The first-order valence-electron chi connectivity index (χ1n) is 6.19. The summed E-state index contributed by atoms with van der Waals surface area (Å²) in [5.41, 5.74) is 1.37. The third-order valence-electron chi connectivity index (χ3n) is 2.63. The van der Waals surface area contributed by atoms with Crippen LogP contribution in [-0.4, -0.2) is 24.9 Å². The first-order valence-corrected chi connectivity index (χ1v) is 7.67. The molecule has 1 heterocycles. The smallest absolute Gasteiger partial charge is 0.261 e. The zero-order valence-electron chi connectivity index (χ0n) is 11.1. The Morgan fingerprint density at radius 2 is 1.75 bits per heavy atom. The van der Waals surface area contributed by atoms with Crippen molar-refractivity contribution in [2.24, 2.45) is 0 Å². The summed E-state index contributed by atoms with van der Waals surface area (Å²) in [6.45, 7) is 3.61. The first kappa shape index (κ1) is 14.4. The predicted molar refractivity (Wildman–Crippen MR) is 76.7 cm³/mol. The molecule has 0 fully saturated rings. The molecule has 2 aromatic rings. The van der Waals surface area contributed by atoms with Crippen LogP contribution in [0.3, 0.4) is 0 Å². The van der Waals surface area contributed by atoms with Gasteiger partial charge < -0.3 is 5.32 Å². The van der Waals surface area contributed by atoms with E-state index in [2.05, 4.69) is 20.0 Å². The molecule has 0 radical (unpaired) electrons. The lowest BCUT2D eigenvalue weighted by molar-refractivity contribution is 0.601. The van der Waals surface area contributed by atoms with Gasteiger partial charge in [-0.15, -0.1) is 0 Å². The Kier molecular flexibility index (Phi) is 4.65. The molecule has 0 aliphatic rings. The van der Waals surface area contributed by atoms with E-state index in [-0.39, 0.29) is 4.90 Å². The molecule has 0 bridgehead atoms. The van der Waals surface area contributed by atoms with Crippen LogP contribution in [0.15, 0.2) is 47.9 Å². The highest BCUT2D eigenvalue weighted by Crippen LogP contribution is 2.15. The molecule has 0 saturated heterocycles. The van der Waals surface area contributed by atoms with Gasteiger partial charge in [0.25, 0.3) is 10.0 Å². The molecule has 0 aliphatic heterocycles. The fourth-order valence-corrected chi connectivity index (χ4v) is 2.65. The number of rotatable bonds is 6. The number of benzene rings is 1. The molecule has 2 rings (SSSR count). The third kappa shape index (κ3) is 3.75. The minimum absolute atomic E-state index is 0.210. The summed E-state index contributed by atoms with van der Waals surface area (Å²) in [7, 11) is -3.60. The Balaban J connectivity index is 2.13. The standard InChI is InChI=1S/C13H16N4O2S/c1-2-14-7-11-3-5-13(6-4-11)20(18,19)17-12-8-15-10-16-9-12/h3-6,8-10,14,17H,2,7H2,1H3. The van der Waals surface area contributed by atoms with E-state index in [0.29, 0.717) is 5.69 Å². The molecule has 0 unspecified atom stereocenters. The van der Waals surface area contributed by atoms with Crippen molar-refractivity contribution in [1.29, 1.82) is 0 Å². The van der Waals surface area contributed by atoms with Crippen molar-refractivity contribution in [3.8, 4) is 0 Å². The number of nitrogens with one attached hydrogen (secondary N) is 2. The summed E-state index contributed by atoms with van der Waals surface area (Å²) in [5, 5.41) is 3.18. The summed E-state index contributed by atoms with van der Waals surface area (Å²) in [5.74, 6) is 0. The summed E-state index contributed by atoms with van der Waals surface area (Å²) in [6, 6.07) is 6.75. The minimum atomic E-state index is -3.60.